The summed E-state index contributed by atoms with van der Waals surface area (Å²) in [5.41, 5.74) is 6.60. The van der Waals surface area contributed by atoms with Crippen LogP contribution in [0, 0.1) is 12.3 Å². The van der Waals surface area contributed by atoms with Crippen LogP contribution < -0.4 is 11.1 Å². The van der Waals surface area contributed by atoms with Gasteiger partial charge in [0.25, 0.3) is 5.91 Å². The number of carbonyl (C=O) groups excluding carboxylic acids is 1. The molecule has 0 saturated heterocycles. The largest absolute Gasteiger partial charge is 0.397 e. The Bertz CT molecular complexity index is 387. The van der Waals surface area contributed by atoms with Crippen molar-refractivity contribution in [1.29, 1.82) is 0 Å². The number of nitrogen functional groups attached to an aromatic ring is 1. The van der Waals surface area contributed by atoms with E-state index in [0.29, 0.717) is 11.4 Å². The molecule has 0 fully saturated rings. The molecule has 0 aliphatic heterocycles. The highest BCUT2D eigenvalue weighted by atomic mass is 16.2. The zero-order valence-electron chi connectivity index (χ0n) is 8.24. The second kappa shape index (κ2) is 3.88. The van der Waals surface area contributed by atoms with Crippen LogP contribution in [0.3, 0.4) is 0 Å². The maximum Gasteiger partial charge on any atom is 0.268 e. The molecular weight excluding hydrogens is 178 g/mol. The Labute approximate surface area is 83.1 Å². The molecule has 0 aromatic carbocycles. The lowest BCUT2D eigenvalue weighted by atomic mass is 10.3. The van der Waals surface area contributed by atoms with Crippen molar-refractivity contribution in [3.8, 4) is 12.3 Å². The number of nitrogens with one attached hydrogen (secondary N) is 1. The third kappa shape index (κ3) is 2.07. The van der Waals surface area contributed by atoms with E-state index in [0.717, 1.165) is 0 Å². The minimum Gasteiger partial charge on any atom is -0.397 e. The number of carbonyl (C=O) groups is 1. The molecule has 0 radical (unpaired) electrons. The van der Waals surface area contributed by atoms with Crippen LogP contribution in [0.4, 0.5) is 5.69 Å². The first-order valence-electron chi connectivity index (χ1n) is 4.23. The van der Waals surface area contributed by atoms with E-state index >= 15 is 0 Å². The number of anilines is 1. The van der Waals surface area contributed by atoms with Crippen molar-refractivity contribution in [2.45, 2.75) is 13.0 Å². The maximum atomic E-state index is 11.6. The maximum absolute atomic E-state index is 11.6. The molecule has 0 saturated carbocycles. The predicted molar refractivity (Wildman–Crippen MR) is 55.6 cm³/mol. The number of aryl methyl sites for hydroxylation is 1. The molecule has 1 atom stereocenters. The van der Waals surface area contributed by atoms with Gasteiger partial charge in [0.05, 0.1) is 11.7 Å². The van der Waals surface area contributed by atoms with Gasteiger partial charge in [0, 0.05) is 13.2 Å². The van der Waals surface area contributed by atoms with E-state index in [9.17, 15) is 4.79 Å². The van der Waals surface area contributed by atoms with E-state index < -0.39 is 0 Å². The van der Waals surface area contributed by atoms with Gasteiger partial charge in [-0.3, -0.25) is 4.79 Å². The van der Waals surface area contributed by atoms with Gasteiger partial charge in [0.2, 0.25) is 0 Å². The first kappa shape index (κ1) is 10.2. The Morgan fingerprint density at radius 1 is 1.79 bits per heavy atom. The normalized spacial score (nSPS) is 11.8. The molecule has 14 heavy (non-hydrogen) atoms. The SMILES string of the molecule is C#CC(C)NC(=O)c1cc(N)cn1C. The second-order valence-corrected chi connectivity index (χ2v) is 3.13. The predicted octanol–water partition coefficient (Wildman–Crippen LogP) is 0.359. The van der Waals surface area contributed by atoms with Crippen molar-refractivity contribution in [2.75, 3.05) is 5.73 Å². The summed E-state index contributed by atoms with van der Waals surface area (Å²) in [7, 11) is 1.76. The van der Waals surface area contributed by atoms with Crippen LogP contribution in [0.5, 0.6) is 0 Å². The van der Waals surface area contributed by atoms with E-state index in [-0.39, 0.29) is 11.9 Å². The molecule has 1 unspecified atom stereocenters. The summed E-state index contributed by atoms with van der Waals surface area (Å²) in [6, 6.07) is 1.33. The first-order valence-corrected chi connectivity index (χ1v) is 4.23. The first-order chi connectivity index (χ1) is 6.54. The summed E-state index contributed by atoms with van der Waals surface area (Å²) in [5, 5.41) is 2.65. The molecule has 1 aromatic heterocycles. The van der Waals surface area contributed by atoms with Crippen molar-refractivity contribution in [3.63, 3.8) is 0 Å². The van der Waals surface area contributed by atoms with Crippen LogP contribution in [0.1, 0.15) is 17.4 Å². The molecule has 4 heteroatoms. The van der Waals surface area contributed by atoms with E-state index in [1.165, 1.54) is 0 Å². The molecule has 1 amide bonds. The fourth-order valence-corrected chi connectivity index (χ4v) is 1.13. The van der Waals surface area contributed by atoms with Crippen LogP contribution in [0.15, 0.2) is 12.3 Å². The number of nitrogens with two attached hydrogens (primary N) is 1. The Morgan fingerprint density at radius 3 is 2.86 bits per heavy atom. The smallest absolute Gasteiger partial charge is 0.268 e. The quantitative estimate of drug-likeness (QED) is 0.663. The molecular formula is C10H13N3O. The summed E-state index contributed by atoms with van der Waals surface area (Å²) >= 11 is 0. The van der Waals surface area contributed by atoms with Crippen LogP contribution in [0.2, 0.25) is 0 Å². The van der Waals surface area contributed by atoms with Crippen molar-refractivity contribution in [2.24, 2.45) is 7.05 Å². The Hall–Kier alpha value is -1.89. The lowest BCUT2D eigenvalue weighted by Crippen LogP contribution is -2.32. The highest BCUT2D eigenvalue weighted by Gasteiger charge is 2.11. The fourth-order valence-electron chi connectivity index (χ4n) is 1.13. The fraction of sp³-hybridized carbons (Fsp3) is 0.300. The summed E-state index contributed by atoms with van der Waals surface area (Å²) in [6.07, 6.45) is 6.82. The monoisotopic (exact) mass is 191 g/mol. The van der Waals surface area contributed by atoms with Crippen LogP contribution in [0.25, 0.3) is 0 Å². The van der Waals surface area contributed by atoms with Crippen LogP contribution in [-0.4, -0.2) is 16.5 Å². The van der Waals surface area contributed by atoms with Gasteiger partial charge in [-0.2, -0.15) is 0 Å². The second-order valence-electron chi connectivity index (χ2n) is 3.13. The number of terminal acetylenes is 1. The van der Waals surface area contributed by atoms with Gasteiger partial charge in [0.15, 0.2) is 0 Å². The Balaban J connectivity index is 2.80. The van der Waals surface area contributed by atoms with Gasteiger partial charge in [-0.05, 0) is 13.0 Å². The standard InChI is InChI=1S/C10H13N3O/c1-4-7(2)12-10(14)9-5-8(11)6-13(9)3/h1,5-7H,11H2,2-3H3,(H,12,14). The lowest BCUT2D eigenvalue weighted by molar-refractivity contribution is 0.0940. The highest BCUT2D eigenvalue weighted by molar-refractivity contribution is 5.94. The van der Waals surface area contributed by atoms with E-state index in [4.69, 9.17) is 12.2 Å². The van der Waals surface area contributed by atoms with Gasteiger partial charge < -0.3 is 15.6 Å². The van der Waals surface area contributed by atoms with Gasteiger partial charge in [-0.15, -0.1) is 6.42 Å². The average molecular weight is 191 g/mol. The molecule has 4 nitrogen and oxygen atoms in total. The third-order valence-corrected chi connectivity index (χ3v) is 1.86. The number of hydrogen-bond donors (Lipinski definition) is 2. The van der Waals surface area contributed by atoms with Crippen LogP contribution >= 0.6 is 0 Å². The number of amides is 1. The van der Waals surface area contributed by atoms with Crippen molar-refractivity contribution in [3.05, 3.63) is 18.0 Å². The molecule has 1 heterocycles. The molecule has 0 aliphatic carbocycles. The van der Waals surface area contributed by atoms with Gasteiger partial charge in [0.1, 0.15) is 5.69 Å². The number of nitrogens with zero attached hydrogens (tertiary/aromatic N) is 1. The van der Waals surface area contributed by atoms with Crippen molar-refractivity contribution < 1.29 is 4.79 Å². The van der Waals surface area contributed by atoms with Gasteiger partial charge in [-0.1, -0.05) is 5.92 Å². The van der Waals surface area contributed by atoms with Crippen LogP contribution in [-0.2, 0) is 7.05 Å². The number of rotatable bonds is 2. The molecule has 0 bridgehead atoms. The topological polar surface area (TPSA) is 60.1 Å². The summed E-state index contributed by atoms with van der Waals surface area (Å²) in [6.45, 7) is 1.74. The highest BCUT2D eigenvalue weighted by Crippen LogP contribution is 2.08. The summed E-state index contributed by atoms with van der Waals surface area (Å²) in [4.78, 5) is 11.6. The van der Waals surface area contributed by atoms with E-state index in [2.05, 4.69) is 11.2 Å². The van der Waals surface area contributed by atoms with Gasteiger partial charge >= 0.3 is 0 Å². The molecule has 1 rings (SSSR count). The molecule has 0 aliphatic rings. The van der Waals surface area contributed by atoms with Crippen molar-refractivity contribution in [1.82, 2.24) is 9.88 Å². The minimum atomic E-state index is -0.279. The zero-order chi connectivity index (χ0) is 10.7. The molecule has 0 spiro atoms. The average Bonchev–Trinajstić information content (AvgIpc) is 2.45. The molecule has 1 aromatic rings. The number of hydrogen-bond acceptors (Lipinski definition) is 2. The minimum absolute atomic E-state index is 0.213. The Morgan fingerprint density at radius 2 is 2.43 bits per heavy atom. The zero-order valence-corrected chi connectivity index (χ0v) is 8.24. The summed E-state index contributed by atoms with van der Waals surface area (Å²) in [5.74, 6) is 2.21. The van der Waals surface area contributed by atoms with E-state index in [1.807, 2.05) is 0 Å². The number of aromatic nitrogens is 1. The lowest BCUT2D eigenvalue weighted by Gasteiger charge is -2.07. The summed E-state index contributed by atoms with van der Waals surface area (Å²) < 4.78 is 1.66. The molecule has 3 N–H and O–H groups in total. The third-order valence-electron chi connectivity index (χ3n) is 1.86. The molecule has 74 valence electrons. The van der Waals surface area contributed by atoms with Gasteiger partial charge in [-0.25, -0.2) is 0 Å². The van der Waals surface area contributed by atoms with Crippen molar-refractivity contribution >= 4 is 11.6 Å². The van der Waals surface area contributed by atoms with E-state index in [1.54, 1.807) is 30.8 Å². The Kier molecular flexibility index (Phi) is 2.82.